The molecule has 5 nitrogen and oxygen atoms in total. The molecule has 1 fully saturated rings. The van der Waals surface area contributed by atoms with Gasteiger partial charge in [-0.3, -0.25) is 4.79 Å². The third-order valence-corrected chi connectivity index (χ3v) is 4.75. The molecule has 0 aliphatic heterocycles. The minimum Gasteiger partial charge on any atom is -0.491 e. The van der Waals surface area contributed by atoms with Crippen LogP contribution in [0.15, 0.2) is 35.9 Å². The number of carbonyl (C=O) groups excluding carboxylic acids is 2. The number of hydrogen-bond acceptors (Lipinski definition) is 5. The Morgan fingerprint density at radius 1 is 1.27 bits per heavy atom. The summed E-state index contributed by atoms with van der Waals surface area (Å²) in [5.74, 6) is -0.136. The van der Waals surface area contributed by atoms with Crippen LogP contribution < -0.4 is 4.74 Å². The van der Waals surface area contributed by atoms with Gasteiger partial charge in [-0.15, -0.1) is 0 Å². The Kier molecular flexibility index (Phi) is 6.11. The lowest BCUT2D eigenvalue weighted by atomic mass is 10.1. The second kappa shape index (κ2) is 7.94. The quantitative estimate of drug-likeness (QED) is 0.545. The Morgan fingerprint density at radius 3 is 2.58 bits per heavy atom. The first-order valence-corrected chi connectivity index (χ1v) is 8.85. The van der Waals surface area contributed by atoms with Gasteiger partial charge in [-0.05, 0) is 49.8 Å². The summed E-state index contributed by atoms with van der Waals surface area (Å²) in [5, 5.41) is 0. The van der Waals surface area contributed by atoms with Gasteiger partial charge in [-0.25, -0.2) is 4.79 Å². The van der Waals surface area contributed by atoms with E-state index in [0.29, 0.717) is 5.57 Å². The topological polar surface area (TPSA) is 61.8 Å². The Morgan fingerprint density at radius 2 is 1.96 bits per heavy atom. The van der Waals surface area contributed by atoms with E-state index in [0.717, 1.165) is 11.3 Å². The number of rotatable bonds is 7. The molecule has 0 aromatic heterocycles. The fourth-order valence-electron chi connectivity index (χ4n) is 3.16. The van der Waals surface area contributed by atoms with Gasteiger partial charge in [-0.1, -0.05) is 32.1 Å². The molecule has 2 unspecified atom stereocenters. The Hall–Kier alpha value is -2.30. The molecule has 0 saturated heterocycles. The van der Waals surface area contributed by atoms with Crippen LogP contribution in [0, 0.1) is 17.3 Å². The zero-order valence-corrected chi connectivity index (χ0v) is 16.4. The highest BCUT2D eigenvalue weighted by Gasteiger charge is 2.61. The van der Waals surface area contributed by atoms with Crippen LogP contribution in [0.1, 0.15) is 40.2 Å². The minimum absolute atomic E-state index is 0.0234. The lowest BCUT2D eigenvalue weighted by Crippen LogP contribution is -2.11. The maximum Gasteiger partial charge on any atom is 0.333 e. The summed E-state index contributed by atoms with van der Waals surface area (Å²) in [6, 6.07) is 7.54. The number of hydrogen-bond donors (Lipinski definition) is 0. The third-order valence-electron chi connectivity index (χ3n) is 4.75. The number of ether oxygens (including phenoxy) is 3. The first-order valence-electron chi connectivity index (χ1n) is 8.85. The molecule has 0 heterocycles. The van der Waals surface area contributed by atoms with Gasteiger partial charge in [0.15, 0.2) is 0 Å². The largest absolute Gasteiger partial charge is 0.491 e. The van der Waals surface area contributed by atoms with Crippen molar-refractivity contribution in [1.82, 2.24) is 0 Å². The lowest BCUT2D eigenvalue weighted by Gasteiger charge is -2.11. The SMILES string of the molecule is COC(=O)/C(C)=C/C1C(C(=O)OCc2cccc(OC(C)C)c2)C1(C)C. The Labute approximate surface area is 155 Å². The van der Waals surface area contributed by atoms with E-state index in [4.69, 9.17) is 14.2 Å². The highest BCUT2D eigenvalue weighted by molar-refractivity contribution is 5.88. The first kappa shape index (κ1) is 20.0. The average molecular weight is 360 g/mol. The van der Waals surface area contributed by atoms with E-state index in [9.17, 15) is 9.59 Å². The highest BCUT2D eigenvalue weighted by Crippen LogP contribution is 2.59. The van der Waals surface area contributed by atoms with E-state index in [2.05, 4.69) is 0 Å². The maximum absolute atomic E-state index is 12.5. The van der Waals surface area contributed by atoms with E-state index in [1.807, 2.05) is 58.0 Å². The highest BCUT2D eigenvalue weighted by atomic mass is 16.5. The average Bonchev–Trinajstić information content (AvgIpc) is 3.11. The number of methoxy groups -OCH3 is 1. The molecule has 2 atom stereocenters. The van der Waals surface area contributed by atoms with Crippen LogP contribution in [0.5, 0.6) is 5.75 Å². The van der Waals surface area contributed by atoms with Gasteiger partial charge >= 0.3 is 11.9 Å². The molecular weight excluding hydrogens is 332 g/mol. The van der Waals surface area contributed by atoms with Gasteiger partial charge in [0.25, 0.3) is 0 Å². The van der Waals surface area contributed by atoms with E-state index < -0.39 is 0 Å². The number of esters is 2. The van der Waals surface area contributed by atoms with Gasteiger partial charge in [0.2, 0.25) is 0 Å². The molecule has 1 aromatic carbocycles. The molecule has 0 radical (unpaired) electrons. The van der Waals surface area contributed by atoms with Gasteiger partial charge in [0.05, 0.1) is 19.1 Å². The van der Waals surface area contributed by atoms with Gasteiger partial charge in [0, 0.05) is 5.57 Å². The van der Waals surface area contributed by atoms with E-state index >= 15 is 0 Å². The Bertz CT molecular complexity index is 702. The number of allylic oxidation sites excluding steroid dienone is 1. The van der Waals surface area contributed by atoms with E-state index in [1.54, 1.807) is 6.92 Å². The summed E-state index contributed by atoms with van der Waals surface area (Å²) in [5.41, 5.74) is 1.17. The van der Waals surface area contributed by atoms with Crippen molar-refractivity contribution in [2.45, 2.75) is 47.3 Å². The van der Waals surface area contributed by atoms with Gasteiger partial charge in [-0.2, -0.15) is 0 Å². The zero-order valence-electron chi connectivity index (χ0n) is 16.4. The summed E-state index contributed by atoms with van der Waals surface area (Å²) in [6.45, 7) is 9.83. The van der Waals surface area contributed by atoms with Crippen LogP contribution in [0.3, 0.4) is 0 Å². The van der Waals surface area contributed by atoms with E-state index in [1.165, 1.54) is 7.11 Å². The van der Waals surface area contributed by atoms with Crippen molar-refractivity contribution in [1.29, 1.82) is 0 Å². The number of carbonyl (C=O) groups is 2. The summed E-state index contributed by atoms with van der Waals surface area (Å²) in [7, 11) is 1.35. The van der Waals surface area contributed by atoms with Crippen LogP contribution >= 0.6 is 0 Å². The smallest absolute Gasteiger partial charge is 0.333 e. The fraction of sp³-hybridized carbons (Fsp3) is 0.524. The van der Waals surface area contributed by atoms with Crippen molar-refractivity contribution in [2.75, 3.05) is 7.11 Å². The van der Waals surface area contributed by atoms with Gasteiger partial charge < -0.3 is 14.2 Å². The molecule has 1 aliphatic carbocycles. The second-order valence-electron chi connectivity index (χ2n) is 7.59. The maximum atomic E-state index is 12.5. The van der Waals surface area contributed by atoms with Crippen LogP contribution in [-0.4, -0.2) is 25.2 Å². The molecule has 1 aromatic rings. The van der Waals surface area contributed by atoms with Crippen molar-refractivity contribution < 1.29 is 23.8 Å². The molecule has 5 heteroatoms. The molecule has 26 heavy (non-hydrogen) atoms. The number of benzene rings is 1. The predicted octanol–water partition coefficient (Wildman–Crippen LogP) is 3.91. The molecule has 0 amide bonds. The summed E-state index contributed by atoms with van der Waals surface area (Å²) in [6.07, 6.45) is 1.90. The fourth-order valence-corrected chi connectivity index (χ4v) is 3.16. The summed E-state index contributed by atoms with van der Waals surface area (Å²) in [4.78, 5) is 24.1. The van der Waals surface area contributed by atoms with Crippen molar-refractivity contribution in [2.24, 2.45) is 17.3 Å². The van der Waals surface area contributed by atoms with Crippen LogP contribution in [0.4, 0.5) is 0 Å². The van der Waals surface area contributed by atoms with Crippen molar-refractivity contribution in [3.8, 4) is 5.75 Å². The van der Waals surface area contributed by atoms with Gasteiger partial charge in [0.1, 0.15) is 12.4 Å². The molecule has 0 bridgehead atoms. The lowest BCUT2D eigenvalue weighted by molar-refractivity contribution is -0.147. The molecule has 1 saturated carbocycles. The molecule has 0 spiro atoms. The predicted molar refractivity (Wildman–Crippen MR) is 98.5 cm³/mol. The monoisotopic (exact) mass is 360 g/mol. The standard InChI is InChI=1S/C21H28O5/c1-13(2)26-16-9-7-8-15(11-16)12-25-20(23)18-17(21(18,4)5)10-14(3)19(22)24-6/h7-11,13,17-18H,12H2,1-6H3/b14-10+. The molecule has 142 valence electrons. The molecular formula is C21H28O5. The van der Waals surface area contributed by atoms with Crippen molar-refractivity contribution in [3.63, 3.8) is 0 Å². The van der Waals surface area contributed by atoms with Crippen molar-refractivity contribution >= 4 is 11.9 Å². The van der Waals surface area contributed by atoms with E-state index in [-0.39, 0.29) is 41.9 Å². The molecule has 1 aliphatic rings. The minimum atomic E-state index is -0.373. The first-order chi connectivity index (χ1) is 12.2. The van der Waals surface area contributed by atoms with Crippen LogP contribution in [0.25, 0.3) is 0 Å². The Balaban J connectivity index is 1.97. The summed E-state index contributed by atoms with van der Waals surface area (Å²) < 4.78 is 15.9. The normalized spacial score (nSPS) is 21.3. The molecule has 0 N–H and O–H groups in total. The van der Waals surface area contributed by atoms with Crippen LogP contribution in [0.2, 0.25) is 0 Å². The molecule has 2 rings (SSSR count). The third kappa shape index (κ3) is 4.65. The second-order valence-corrected chi connectivity index (χ2v) is 7.59. The van der Waals surface area contributed by atoms with Crippen LogP contribution in [-0.2, 0) is 25.7 Å². The zero-order chi connectivity index (χ0) is 19.5. The summed E-state index contributed by atoms with van der Waals surface area (Å²) >= 11 is 0. The van der Waals surface area contributed by atoms with Crippen molar-refractivity contribution in [3.05, 3.63) is 41.5 Å².